The fourth-order valence-electron chi connectivity index (χ4n) is 7.96. The molecule has 1 saturated heterocycles. The van der Waals surface area contributed by atoms with Crippen molar-refractivity contribution in [3.63, 3.8) is 0 Å². The van der Waals surface area contributed by atoms with Crippen LogP contribution in [0, 0.1) is 16.7 Å². The van der Waals surface area contributed by atoms with Crippen molar-refractivity contribution in [3.05, 3.63) is 63.0 Å². The summed E-state index contributed by atoms with van der Waals surface area (Å²) in [6.45, 7) is 15.3. The van der Waals surface area contributed by atoms with Crippen LogP contribution in [0.25, 0.3) is 0 Å². The van der Waals surface area contributed by atoms with E-state index in [1.54, 1.807) is 6.07 Å². The van der Waals surface area contributed by atoms with Gasteiger partial charge in [-0.25, -0.2) is 0 Å². The molecule has 2 unspecified atom stereocenters. The fourth-order valence-corrected chi connectivity index (χ4v) is 9.10. The Kier molecular flexibility index (Phi) is 8.68. The molecule has 11 heteroatoms. The maximum atomic E-state index is 13.8. The average molecular weight is 671 g/mol. The molecule has 6 rings (SSSR count). The Balaban J connectivity index is 1.65. The van der Waals surface area contributed by atoms with E-state index in [4.69, 9.17) is 23.6 Å². The molecule has 1 aromatic heterocycles. The zero-order valence-electron chi connectivity index (χ0n) is 28.3. The number of aromatic nitrogens is 1. The monoisotopic (exact) mass is 670 g/mol. The first-order chi connectivity index (χ1) is 22.0. The quantitative estimate of drug-likeness (QED) is 0.232. The van der Waals surface area contributed by atoms with Gasteiger partial charge in [-0.1, -0.05) is 47.1 Å². The standard InChI is InChI=1S/C36H45F3N2O5Si/c1-20(2)29-27-28(35(13-15-43-16-14-35)45-31(27)22-9-10-24(36(37,38)39)23(17-22)19-40)26-25(46-47(7)33(4,5)6)18-34(11-8-12-34)32(30(26)41-29)44-21(3)42/h9-10,17,20,25,31-32,47H,8,11-16,18H2,1-7H3/t25?,31-,32+,47?/m1/s1. The minimum atomic E-state index is -4.66. The highest BCUT2D eigenvalue weighted by atomic mass is 28.3. The molecule has 7 nitrogen and oxygen atoms in total. The van der Waals surface area contributed by atoms with Crippen molar-refractivity contribution in [2.75, 3.05) is 13.2 Å². The summed E-state index contributed by atoms with van der Waals surface area (Å²) in [5.41, 5.74) is 2.16. The van der Waals surface area contributed by atoms with Crippen molar-refractivity contribution >= 4 is 15.0 Å². The molecule has 254 valence electrons. The van der Waals surface area contributed by atoms with E-state index in [1.807, 2.05) is 13.8 Å². The van der Waals surface area contributed by atoms with Gasteiger partial charge in [0.2, 0.25) is 0 Å². The van der Waals surface area contributed by atoms with Crippen molar-refractivity contribution in [2.24, 2.45) is 5.41 Å². The minimum absolute atomic E-state index is 0.0164. The Bertz CT molecular complexity index is 1600. The Morgan fingerprint density at radius 1 is 1.13 bits per heavy atom. The summed E-state index contributed by atoms with van der Waals surface area (Å²) in [6, 6.07) is 5.48. The van der Waals surface area contributed by atoms with E-state index in [-0.39, 0.29) is 28.4 Å². The number of alkyl halides is 3. The van der Waals surface area contributed by atoms with Gasteiger partial charge in [-0.3, -0.25) is 9.78 Å². The molecular weight excluding hydrogens is 625 g/mol. The molecular formula is C36H45F3N2O5Si. The summed E-state index contributed by atoms with van der Waals surface area (Å²) in [4.78, 5) is 18.0. The molecule has 47 heavy (non-hydrogen) atoms. The van der Waals surface area contributed by atoms with E-state index in [1.165, 1.54) is 19.1 Å². The van der Waals surface area contributed by atoms with Crippen LogP contribution in [0.5, 0.6) is 0 Å². The van der Waals surface area contributed by atoms with Crippen LogP contribution in [0.4, 0.5) is 13.2 Å². The smallest absolute Gasteiger partial charge is 0.417 e. The topological polar surface area (TPSA) is 90.7 Å². The van der Waals surface area contributed by atoms with Gasteiger partial charge in [0.05, 0.1) is 34.6 Å². The second kappa shape index (κ2) is 12.0. The lowest BCUT2D eigenvalue weighted by molar-refractivity contribution is -0.166. The number of carbonyl (C=O) groups is 1. The van der Waals surface area contributed by atoms with Gasteiger partial charge in [-0.15, -0.1) is 0 Å². The number of benzene rings is 1. The summed E-state index contributed by atoms with van der Waals surface area (Å²) in [5.74, 6) is -0.444. The third-order valence-corrected chi connectivity index (χ3v) is 14.1. The first-order valence-corrected chi connectivity index (χ1v) is 19.0. The van der Waals surface area contributed by atoms with Crippen molar-refractivity contribution in [1.29, 1.82) is 5.26 Å². The van der Waals surface area contributed by atoms with Crippen LogP contribution in [-0.2, 0) is 35.2 Å². The highest BCUT2D eigenvalue weighted by Gasteiger charge is 2.59. The number of hydrogen-bond acceptors (Lipinski definition) is 7. The van der Waals surface area contributed by atoms with E-state index < -0.39 is 44.2 Å². The van der Waals surface area contributed by atoms with E-state index in [2.05, 4.69) is 27.3 Å². The fraction of sp³-hybridized carbons (Fsp3) is 0.639. The molecule has 2 aromatic rings. The Hall–Kier alpha value is -2.78. The SMILES string of the molecule is CC(=O)O[C@H]1c2nc(C(C)C)c3c(c2C(O[SiH](C)C(C)(C)C)CC12CCC2)C1(CCOCC1)O[C@@H]3c1ccc(C(F)(F)F)c(C#N)c1. The number of ether oxygens (including phenoxy) is 3. The normalized spacial score (nSPS) is 25.2. The van der Waals surface area contributed by atoms with Crippen LogP contribution in [0.15, 0.2) is 18.2 Å². The Labute approximate surface area is 276 Å². The Morgan fingerprint density at radius 3 is 2.34 bits per heavy atom. The van der Waals surface area contributed by atoms with Gasteiger partial charge < -0.3 is 18.6 Å². The molecule has 2 fully saturated rings. The molecule has 3 heterocycles. The molecule has 0 radical (unpaired) electrons. The van der Waals surface area contributed by atoms with Gasteiger partial charge in [-0.05, 0) is 60.0 Å². The molecule has 1 aromatic carbocycles. The molecule has 1 saturated carbocycles. The molecule has 2 aliphatic carbocycles. The number of carbonyl (C=O) groups excluding carboxylic acids is 1. The summed E-state index contributed by atoms with van der Waals surface area (Å²) in [7, 11) is -1.78. The van der Waals surface area contributed by atoms with Crippen LogP contribution < -0.4 is 0 Å². The van der Waals surface area contributed by atoms with Gasteiger partial charge in [-0.2, -0.15) is 18.4 Å². The van der Waals surface area contributed by atoms with E-state index in [0.717, 1.165) is 53.4 Å². The summed E-state index contributed by atoms with van der Waals surface area (Å²) in [5, 5.41) is 9.76. The summed E-state index contributed by atoms with van der Waals surface area (Å²) >= 11 is 0. The predicted octanol–water partition coefficient (Wildman–Crippen LogP) is 8.61. The highest BCUT2D eigenvalue weighted by molar-refractivity contribution is 6.53. The maximum Gasteiger partial charge on any atom is 0.417 e. The average Bonchev–Trinajstić information content (AvgIpc) is 3.29. The van der Waals surface area contributed by atoms with Crippen molar-refractivity contribution in [3.8, 4) is 6.07 Å². The number of esters is 1. The van der Waals surface area contributed by atoms with Crippen LogP contribution >= 0.6 is 0 Å². The first-order valence-electron chi connectivity index (χ1n) is 16.8. The largest absolute Gasteiger partial charge is 0.455 e. The lowest BCUT2D eigenvalue weighted by atomic mass is 9.57. The molecule has 2 spiro atoms. The number of rotatable bonds is 5. The third-order valence-electron chi connectivity index (χ3n) is 11.0. The number of nitriles is 1. The van der Waals surface area contributed by atoms with E-state index in [0.29, 0.717) is 38.0 Å². The van der Waals surface area contributed by atoms with Gasteiger partial charge in [0.25, 0.3) is 0 Å². The summed E-state index contributed by atoms with van der Waals surface area (Å²) in [6.07, 6.45) is -1.63. The molecule has 0 bridgehead atoms. The van der Waals surface area contributed by atoms with Crippen LogP contribution in [0.1, 0.15) is 149 Å². The van der Waals surface area contributed by atoms with Gasteiger partial charge in [0.15, 0.2) is 9.04 Å². The Morgan fingerprint density at radius 2 is 1.81 bits per heavy atom. The molecule has 4 aliphatic rings. The van der Waals surface area contributed by atoms with Crippen LogP contribution in [0.3, 0.4) is 0 Å². The summed E-state index contributed by atoms with van der Waals surface area (Å²) < 4.78 is 67.8. The maximum absolute atomic E-state index is 13.8. The van der Waals surface area contributed by atoms with Crippen LogP contribution in [-0.4, -0.2) is 33.2 Å². The van der Waals surface area contributed by atoms with Crippen LogP contribution in [0.2, 0.25) is 11.6 Å². The molecule has 4 atom stereocenters. The minimum Gasteiger partial charge on any atom is -0.455 e. The number of pyridine rings is 1. The lowest BCUT2D eigenvalue weighted by Crippen LogP contribution is -2.46. The number of hydrogen-bond donors (Lipinski definition) is 0. The van der Waals surface area contributed by atoms with Gasteiger partial charge in [0, 0.05) is 55.2 Å². The predicted molar refractivity (Wildman–Crippen MR) is 171 cm³/mol. The first kappa shape index (κ1) is 34.1. The van der Waals surface area contributed by atoms with Crippen molar-refractivity contribution in [1.82, 2.24) is 4.98 Å². The zero-order chi connectivity index (χ0) is 34.1. The van der Waals surface area contributed by atoms with E-state index >= 15 is 0 Å². The number of fused-ring (bicyclic) bond motifs is 4. The van der Waals surface area contributed by atoms with E-state index in [9.17, 15) is 23.2 Å². The van der Waals surface area contributed by atoms with Crippen molar-refractivity contribution in [2.45, 2.75) is 128 Å². The zero-order valence-corrected chi connectivity index (χ0v) is 29.5. The lowest BCUT2D eigenvalue weighted by Gasteiger charge is -2.53. The molecule has 2 aliphatic heterocycles. The van der Waals surface area contributed by atoms with Crippen molar-refractivity contribution < 1.29 is 36.6 Å². The second-order valence-corrected chi connectivity index (χ2v) is 18.6. The third kappa shape index (κ3) is 5.83. The van der Waals surface area contributed by atoms with Gasteiger partial charge in [0.1, 0.15) is 12.2 Å². The molecule has 0 amide bonds. The number of halogens is 3. The number of nitrogens with zero attached hydrogens (tertiary/aromatic N) is 2. The second-order valence-electron chi connectivity index (χ2n) is 15.3. The highest BCUT2D eigenvalue weighted by Crippen LogP contribution is 2.65. The van der Waals surface area contributed by atoms with Gasteiger partial charge >= 0.3 is 12.1 Å². The molecule has 0 N–H and O–H groups in total.